The van der Waals surface area contributed by atoms with Gasteiger partial charge in [0.05, 0.1) is 22.8 Å². The SMILES string of the molecule is Brc1ccc(-c2cc(-c3ccccn3)nc(-c3ccccn3)c2)cc1.[Pt]. The van der Waals surface area contributed by atoms with Crippen molar-refractivity contribution in [1.82, 2.24) is 15.0 Å². The van der Waals surface area contributed by atoms with Gasteiger partial charge in [-0.25, -0.2) is 4.98 Å². The Labute approximate surface area is 175 Å². The van der Waals surface area contributed by atoms with Gasteiger partial charge in [-0.15, -0.1) is 0 Å². The van der Waals surface area contributed by atoms with Gasteiger partial charge in [0.1, 0.15) is 0 Å². The molecule has 130 valence electrons. The predicted octanol–water partition coefficient (Wildman–Crippen LogP) is 5.63. The van der Waals surface area contributed by atoms with Crippen LogP contribution in [-0.2, 0) is 21.1 Å². The van der Waals surface area contributed by atoms with Gasteiger partial charge in [-0.1, -0.05) is 40.2 Å². The Morgan fingerprint density at radius 3 is 1.58 bits per heavy atom. The Bertz CT molecular complexity index is 933. The van der Waals surface area contributed by atoms with Crippen LogP contribution in [0.2, 0.25) is 0 Å². The van der Waals surface area contributed by atoms with E-state index in [-0.39, 0.29) is 21.1 Å². The molecule has 0 unspecified atom stereocenters. The zero-order valence-corrected chi connectivity index (χ0v) is 17.5. The third-order valence-corrected chi connectivity index (χ3v) is 4.39. The van der Waals surface area contributed by atoms with Crippen molar-refractivity contribution in [2.75, 3.05) is 0 Å². The maximum absolute atomic E-state index is 4.78. The second-order valence-electron chi connectivity index (χ2n) is 5.56. The van der Waals surface area contributed by atoms with Crippen molar-refractivity contribution >= 4 is 15.9 Å². The van der Waals surface area contributed by atoms with Gasteiger partial charge < -0.3 is 0 Å². The summed E-state index contributed by atoms with van der Waals surface area (Å²) >= 11 is 3.49. The molecule has 0 aliphatic heterocycles. The summed E-state index contributed by atoms with van der Waals surface area (Å²) in [6.07, 6.45) is 3.56. The quantitative estimate of drug-likeness (QED) is 0.314. The van der Waals surface area contributed by atoms with Crippen LogP contribution in [0.15, 0.2) is 89.7 Å². The summed E-state index contributed by atoms with van der Waals surface area (Å²) in [5.74, 6) is 0. The summed E-state index contributed by atoms with van der Waals surface area (Å²) in [6, 6.07) is 24.1. The fourth-order valence-electron chi connectivity index (χ4n) is 2.63. The van der Waals surface area contributed by atoms with Gasteiger partial charge in [0, 0.05) is 37.9 Å². The number of rotatable bonds is 3. The molecule has 0 N–H and O–H groups in total. The van der Waals surface area contributed by atoms with Crippen LogP contribution < -0.4 is 0 Å². The minimum Gasteiger partial charge on any atom is -0.255 e. The molecule has 3 nitrogen and oxygen atoms in total. The van der Waals surface area contributed by atoms with Crippen molar-refractivity contribution in [2.24, 2.45) is 0 Å². The summed E-state index contributed by atoms with van der Waals surface area (Å²) in [7, 11) is 0. The van der Waals surface area contributed by atoms with Crippen LogP contribution in [0.3, 0.4) is 0 Å². The summed E-state index contributed by atoms with van der Waals surface area (Å²) in [6.45, 7) is 0. The molecule has 0 spiro atoms. The molecule has 0 amide bonds. The van der Waals surface area contributed by atoms with E-state index in [1.165, 1.54) is 0 Å². The molecule has 0 aliphatic rings. The van der Waals surface area contributed by atoms with Crippen LogP contribution in [0.25, 0.3) is 33.9 Å². The van der Waals surface area contributed by atoms with Crippen molar-refractivity contribution in [3.05, 3.63) is 89.7 Å². The molecule has 3 aromatic heterocycles. The molecule has 26 heavy (non-hydrogen) atoms. The third-order valence-electron chi connectivity index (χ3n) is 3.86. The monoisotopic (exact) mass is 582 g/mol. The van der Waals surface area contributed by atoms with Gasteiger partial charge in [-0.05, 0) is 59.7 Å². The van der Waals surface area contributed by atoms with E-state index in [1.54, 1.807) is 12.4 Å². The molecular formula is C21H14BrN3Pt. The van der Waals surface area contributed by atoms with E-state index in [0.717, 1.165) is 38.4 Å². The van der Waals surface area contributed by atoms with E-state index in [2.05, 4.69) is 50.2 Å². The van der Waals surface area contributed by atoms with Gasteiger partial charge >= 0.3 is 0 Å². The van der Waals surface area contributed by atoms with Crippen LogP contribution >= 0.6 is 15.9 Å². The van der Waals surface area contributed by atoms with Gasteiger partial charge in [0.15, 0.2) is 0 Å². The Morgan fingerprint density at radius 1 is 0.577 bits per heavy atom. The van der Waals surface area contributed by atoms with Gasteiger partial charge in [-0.3, -0.25) is 9.97 Å². The Morgan fingerprint density at radius 2 is 1.12 bits per heavy atom. The fourth-order valence-corrected chi connectivity index (χ4v) is 2.89. The number of benzene rings is 1. The molecule has 0 bridgehead atoms. The van der Waals surface area contributed by atoms with Crippen LogP contribution in [0.1, 0.15) is 0 Å². The number of hydrogen-bond donors (Lipinski definition) is 0. The Hall–Kier alpha value is -2.16. The van der Waals surface area contributed by atoms with Crippen molar-refractivity contribution in [1.29, 1.82) is 0 Å². The number of hydrogen-bond acceptors (Lipinski definition) is 3. The first-order chi connectivity index (χ1) is 12.3. The zero-order valence-electron chi connectivity index (χ0n) is 13.6. The molecule has 5 heteroatoms. The Balaban J connectivity index is 0.00000196. The van der Waals surface area contributed by atoms with E-state index in [9.17, 15) is 0 Å². The third kappa shape index (κ3) is 4.14. The largest absolute Gasteiger partial charge is 0.255 e. The van der Waals surface area contributed by atoms with E-state index in [1.807, 2.05) is 48.5 Å². The second kappa shape index (κ2) is 8.48. The molecule has 0 saturated carbocycles. The topological polar surface area (TPSA) is 38.7 Å². The van der Waals surface area contributed by atoms with Crippen molar-refractivity contribution in [3.8, 4) is 33.9 Å². The molecule has 0 radical (unpaired) electrons. The molecule has 1 aromatic carbocycles. The summed E-state index contributed by atoms with van der Waals surface area (Å²) in [5, 5.41) is 0. The standard InChI is InChI=1S/C21H14BrN3.Pt/c22-17-9-7-15(8-10-17)16-13-20(18-5-1-3-11-23-18)25-21(14-16)19-6-2-4-12-24-19;/h1-14H;. The average Bonchev–Trinajstić information content (AvgIpc) is 2.69. The maximum atomic E-state index is 4.78. The fraction of sp³-hybridized carbons (Fsp3) is 0. The molecule has 0 aliphatic carbocycles. The van der Waals surface area contributed by atoms with E-state index >= 15 is 0 Å². The summed E-state index contributed by atoms with van der Waals surface area (Å²) in [5.41, 5.74) is 5.57. The van der Waals surface area contributed by atoms with E-state index < -0.39 is 0 Å². The van der Waals surface area contributed by atoms with Crippen LogP contribution in [0.4, 0.5) is 0 Å². The smallest absolute Gasteiger partial charge is 0.0900 e. The molecule has 0 saturated heterocycles. The van der Waals surface area contributed by atoms with Crippen LogP contribution in [-0.4, -0.2) is 15.0 Å². The van der Waals surface area contributed by atoms with Crippen molar-refractivity contribution in [3.63, 3.8) is 0 Å². The van der Waals surface area contributed by atoms with Crippen LogP contribution in [0, 0.1) is 0 Å². The van der Waals surface area contributed by atoms with Gasteiger partial charge in [-0.2, -0.15) is 0 Å². The van der Waals surface area contributed by atoms with Crippen LogP contribution in [0.5, 0.6) is 0 Å². The zero-order chi connectivity index (χ0) is 17.1. The summed E-state index contributed by atoms with van der Waals surface area (Å²) in [4.78, 5) is 13.7. The predicted molar refractivity (Wildman–Crippen MR) is 104 cm³/mol. The van der Waals surface area contributed by atoms with Gasteiger partial charge in [0.2, 0.25) is 0 Å². The van der Waals surface area contributed by atoms with Crippen molar-refractivity contribution in [2.45, 2.75) is 0 Å². The number of halogens is 1. The minimum absolute atomic E-state index is 0. The molecule has 0 atom stereocenters. The first-order valence-electron chi connectivity index (χ1n) is 7.90. The maximum Gasteiger partial charge on any atom is 0.0900 e. The average molecular weight is 583 g/mol. The van der Waals surface area contributed by atoms with Crippen molar-refractivity contribution < 1.29 is 21.1 Å². The first-order valence-corrected chi connectivity index (χ1v) is 8.70. The normalized spacial score (nSPS) is 10.2. The second-order valence-corrected chi connectivity index (χ2v) is 6.48. The molecular weight excluding hydrogens is 569 g/mol. The number of nitrogens with zero attached hydrogens (tertiary/aromatic N) is 3. The molecule has 0 fully saturated rings. The molecule has 3 heterocycles. The van der Waals surface area contributed by atoms with E-state index in [0.29, 0.717) is 0 Å². The summed E-state index contributed by atoms with van der Waals surface area (Å²) < 4.78 is 1.06. The van der Waals surface area contributed by atoms with Gasteiger partial charge in [0.25, 0.3) is 0 Å². The molecule has 4 aromatic rings. The minimum atomic E-state index is 0. The molecule has 4 rings (SSSR count). The number of pyridine rings is 3. The number of aromatic nitrogens is 3. The first kappa shape index (κ1) is 18.6. The Kier molecular flexibility index (Phi) is 6.07. The van der Waals surface area contributed by atoms with E-state index in [4.69, 9.17) is 4.98 Å².